The number of carbonyl (C=O) groups excluding carboxylic acids is 1. The average Bonchev–Trinajstić information content (AvgIpc) is 3.39. The summed E-state index contributed by atoms with van der Waals surface area (Å²) >= 11 is 18.7. The van der Waals surface area contributed by atoms with Gasteiger partial charge in [0.2, 0.25) is 0 Å². The van der Waals surface area contributed by atoms with Gasteiger partial charge in [-0.3, -0.25) is 9.36 Å². The Morgan fingerprint density at radius 2 is 1.79 bits per heavy atom. The van der Waals surface area contributed by atoms with Crippen LogP contribution in [0.2, 0.25) is 10.0 Å². The van der Waals surface area contributed by atoms with Gasteiger partial charge in [-0.25, -0.2) is 9.79 Å². The zero-order valence-corrected chi connectivity index (χ0v) is 29.9. The molecule has 0 amide bonds. The Morgan fingerprint density at radius 3 is 2.47 bits per heavy atom. The monoisotopic (exact) mass is 764 g/mol. The Bertz CT molecular complexity index is 2180. The highest BCUT2D eigenvalue weighted by molar-refractivity contribution is 9.10. The van der Waals surface area contributed by atoms with Crippen molar-refractivity contribution in [1.29, 1.82) is 0 Å². The topological polar surface area (TPSA) is 69.9 Å². The predicted molar refractivity (Wildman–Crippen MR) is 194 cm³/mol. The summed E-state index contributed by atoms with van der Waals surface area (Å²) in [7, 11) is 0. The van der Waals surface area contributed by atoms with Gasteiger partial charge in [0.25, 0.3) is 5.56 Å². The molecular weight excluding hydrogens is 739 g/mol. The Hall–Kier alpha value is -3.60. The zero-order valence-electron chi connectivity index (χ0n) is 25.2. The lowest BCUT2D eigenvalue weighted by Crippen LogP contribution is -2.40. The third-order valence-corrected chi connectivity index (χ3v) is 10.5. The van der Waals surface area contributed by atoms with Crippen LogP contribution < -0.4 is 19.6 Å². The molecular formula is C36H27BrCl2N2O4S2. The summed E-state index contributed by atoms with van der Waals surface area (Å²) in [4.78, 5) is 34.3. The van der Waals surface area contributed by atoms with Gasteiger partial charge in [-0.2, -0.15) is 0 Å². The van der Waals surface area contributed by atoms with E-state index in [0.29, 0.717) is 43.0 Å². The minimum atomic E-state index is -0.734. The van der Waals surface area contributed by atoms with Crippen LogP contribution in [-0.2, 0) is 16.1 Å². The van der Waals surface area contributed by atoms with Crippen molar-refractivity contribution in [3.63, 3.8) is 0 Å². The number of esters is 1. The summed E-state index contributed by atoms with van der Waals surface area (Å²) < 4.78 is 14.4. The highest BCUT2D eigenvalue weighted by Crippen LogP contribution is 2.36. The quantitative estimate of drug-likeness (QED) is 0.112. The van der Waals surface area contributed by atoms with E-state index in [4.69, 9.17) is 37.7 Å². The van der Waals surface area contributed by atoms with Crippen LogP contribution in [0.25, 0.3) is 11.8 Å². The second kappa shape index (κ2) is 14.7. The first-order valence-electron chi connectivity index (χ1n) is 14.6. The van der Waals surface area contributed by atoms with Gasteiger partial charge in [-0.1, -0.05) is 89.1 Å². The van der Waals surface area contributed by atoms with Crippen molar-refractivity contribution >= 4 is 80.0 Å². The maximum Gasteiger partial charge on any atom is 0.338 e. The number of hydrogen-bond donors (Lipinski definition) is 0. The fourth-order valence-corrected chi connectivity index (χ4v) is 7.45. The fourth-order valence-electron chi connectivity index (χ4n) is 5.21. The molecule has 238 valence electrons. The minimum absolute atomic E-state index is 0.189. The van der Waals surface area contributed by atoms with Gasteiger partial charge >= 0.3 is 5.97 Å². The molecule has 0 N–H and O–H groups in total. The lowest BCUT2D eigenvalue weighted by Gasteiger charge is -2.26. The summed E-state index contributed by atoms with van der Waals surface area (Å²) in [5, 5.41) is 0.951. The van der Waals surface area contributed by atoms with E-state index in [9.17, 15) is 9.59 Å². The number of rotatable bonds is 9. The Morgan fingerprint density at radius 1 is 1.02 bits per heavy atom. The molecule has 6 nitrogen and oxygen atoms in total. The first-order chi connectivity index (χ1) is 22.8. The van der Waals surface area contributed by atoms with Gasteiger partial charge in [0.1, 0.15) is 12.4 Å². The lowest BCUT2D eigenvalue weighted by atomic mass is 9.93. The first-order valence-corrected chi connectivity index (χ1v) is 18.1. The third-order valence-electron chi connectivity index (χ3n) is 7.44. The number of hydrogen-bond acceptors (Lipinski definition) is 7. The molecule has 1 aliphatic heterocycles. The third kappa shape index (κ3) is 7.15. The predicted octanol–water partition coefficient (Wildman–Crippen LogP) is 8.31. The Kier molecular flexibility index (Phi) is 10.4. The van der Waals surface area contributed by atoms with Crippen molar-refractivity contribution in [3.05, 3.63) is 153 Å². The van der Waals surface area contributed by atoms with Gasteiger partial charge in [0.15, 0.2) is 4.80 Å². The normalized spacial score (nSPS) is 14.5. The largest absolute Gasteiger partial charge is 0.488 e. The van der Waals surface area contributed by atoms with Gasteiger partial charge in [-0.15, -0.1) is 11.8 Å². The highest BCUT2D eigenvalue weighted by Gasteiger charge is 2.35. The van der Waals surface area contributed by atoms with Crippen LogP contribution in [0.3, 0.4) is 0 Å². The Balaban J connectivity index is 1.44. The molecule has 0 saturated heterocycles. The number of benzene rings is 4. The van der Waals surface area contributed by atoms with Crippen molar-refractivity contribution in [2.24, 2.45) is 4.99 Å². The molecule has 6 rings (SSSR count). The van der Waals surface area contributed by atoms with E-state index < -0.39 is 12.0 Å². The summed E-state index contributed by atoms with van der Waals surface area (Å²) in [6.45, 7) is 2.26. The second-order valence-corrected chi connectivity index (χ2v) is 14.0. The van der Waals surface area contributed by atoms with E-state index in [1.54, 1.807) is 35.4 Å². The van der Waals surface area contributed by atoms with E-state index in [1.165, 1.54) is 11.3 Å². The van der Waals surface area contributed by atoms with Crippen LogP contribution in [0.4, 0.5) is 0 Å². The molecule has 5 aromatic rings. The first kappa shape index (κ1) is 33.3. The van der Waals surface area contributed by atoms with Crippen LogP contribution in [0.1, 0.15) is 35.2 Å². The van der Waals surface area contributed by atoms with Gasteiger partial charge in [-0.05, 0) is 88.3 Å². The van der Waals surface area contributed by atoms with E-state index in [1.807, 2.05) is 91.2 Å². The minimum Gasteiger partial charge on any atom is -0.488 e. The molecule has 47 heavy (non-hydrogen) atoms. The Labute approximate surface area is 298 Å². The number of nitrogens with zero attached hydrogens (tertiary/aromatic N) is 2. The van der Waals surface area contributed by atoms with Crippen molar-refractivity contribution in [3.8, 4) is 5.75 Å². The van der Waals surface area contributed by atoms with Gasteiger partial charge in [0.05, 0.1) is 43.0 Å². The lowest BCUT2D eigenvalue weighted by molar-refractivity contribution is -0.138. The summed E-state index contributed by atoms with van der Waals surface area (Å²) in [6.07, 6.45) is 3.82. The molecule has 1 aromatic heterocycles. The van der Waals surface area contributed by atoms with E-state index >= 15 is 0 Å². The molecule has 0 spiro atoms. The molecule has 1 atom stereocenters. The summed E-state index contributed by atoms with van der Waals surface area (Å²) in [5.41, 5.74) is 3.77. The number of ether oxygens (including phenoxy) is 2. The molecule has 0 aliphatic carbocycles. The van der Waals surface area contributed by atoms with Crippen LogP contribution in [0.15, 0.2) is 116 Å². The number of fused-ring (bicyclic) bond motifs is 1. The number of thioether (sulfide) groups is 1. The summed E-state index contributed by atoms with van der Waals surface area (Å²) in [6, 6.07) is 27.6. The molecule has 0 fully saturated rings. The molecule has 1 aliphatic rings. The molecule has 4 aromatic carbocycles. The maximum atomic E-state index is 14.2. The van der Waals surface area contributed by atoms with Gasteiger partial charge in [0, 0.05) is 10.5 Å². The van der Waals surface area contributed by atoms with Crippen LogP contribution >= 0.6 is 62.2 Å². The standard InChI is InChI=1S/C36H27BrCl2N2O4S2/c1-3-44-35(43)31-32(23-7-5-4-6-8-23)40-36-41(33(31)24-11-13-25(46-2)14-12-24)34(42)30(47-36)19-21-10-16-29(26(37)17-21)45-20-22-9-15-27(38)28(39)18-22/h4-19,33H,3,20H2,1-2H3/b30-19-/t33-/m0/s1. The smallest absolute Gasteiger partial charge is 0.338 e. The van der Waals surface area contributed by atoms with Crippen molar-refractivity contribution < 1.29 is 14.3 Å². The SMILES string of the molecule is CCOC(=O)C1=C(c2ccccc2)N=c2s/c(=C\c3ccc(OCc4ccc(Cl)c(Cl)c4)c(Br)c3)c(=O)n2[C@H]1c1ccc(SC)cc1. The number of aromatic nitrogens is 1. The number of thiazole rings is 1. The second-order valence-electron chi connectivity index (χ2n) is 10.4. The van der Waals surface area contributed by atoms with Crippen molar-refractivity contribution in [2.75, 3.05) is 12.9 Å². The van der Waals surface area contributed by atoms with E-state index in [2.05, 4.69) is 15.9 Å². The average molecular weight is 767 g/mol. The molecule has 11 heteroatoms. The number of halogens is 3. The molecule has 0 radical (unpaired) electrons. The fraction of sp³-hybridized carbons (Fsp3) is 0.139. The maximum absolute atomic E-state index is 14.2. The highest BCUT2D eigenvalue weighted by atomic mass is 79.9. The summed E-state index contributed by atoms with van der Waals surface area (Å²) in [5.74, 6) is 0.124. The van der Waals surface area contributed by atoms with Crippen LogP contribution in [0.5, 0.6) is 5.75 Å². The van der Waals surface area contributed by atoms with Crippen LogP contribution in [0, 0.1) is 0 Å². The zero-order chi connectivity index (χ0) is 33.1. The van der Waals surface area contributed by atoms with E-state index in [0.717, 1.165) is 31.6 Å². The van der Waals surface area contributed by atoms with E-state index in [-0.39, 0.29) is 12.2 Å². The van der Waals surface area contributed by atoms with Crippen molar-refractivity contribution in [1.82, 2.24) is 4.57 Å². The molecule has 0 saturated carbocycles. The molecule has 2 heterocycles. The molecule has 0 bridgehead atoms. The molecule has 0 unspecified atom stereocenters. The van der Waals surface area contributed by atoms with Crippen LogP contribution in [-0.4, -0.2) is 23.4 Å². The number of carbonyl (C=O) groups is 1. The van der Waals surface area contributed by atoms with Crippen molar-refractivity contribution in [2.45, 2.75) is 24.5 Å². The van der Waals surface area contributed by atoms with Gasteiger partial charge < -0.3 is 9.47 Å².